The van der Waals surface area contributed by atoms with Gasteiger partial charge in [0.25, 0.3) is 5.91 Å². The van der Waals surface area contributed by atoms with Crippen molar-refractivity contribution in [3.63, 3.8) is 0 Å². The van der Waals surface area contributed by atoms with Crippen LogP contribution in [0.4, 0.5) is 0 Å². The molecule has 1 fully saturated rings. The van der Waals surface area contributed by atoms with Gasteiger partial charge in [0.05, 0.1) is 16.4 Å². The van der Waals surface area contributed by atoms with Gasteiger partial charge in [-0.15, -0.1) is 11.3 Å². The van der Waals surface area contributed by atoms with Crippen LogP contribution in [0, 0.1) is 0 Å². The second-order valence-electron chi connectivity index (χ2n) is 5.64. The monoisotopic (exact) mass is 329 g/mol. The van der Waals surface area contributed by atoms with Gasteiger partial charge in [-0.1, -0.05) is 20.3 Å². The molecule has 1 aliphatic heterocycles. The predicted molar refractivity (Wildman–Crippen MR) is 86.8 cm³/mol. The molecule has 6 heteroatoms. The first kappa shape index (κ1) is 16.5. The van der Waals surface area contributed by atoms with Gasteiger partial charge in [-0.3, -0.25) is 4.79 Å². The highest BCUT2D eigenvalue weighted by Gasteiger charge is 2.33. The molecule has 2 heterocycles. The molecule has 0 bridgehead atoms. The normalized spacial score (nSPS) is 20.6. The molecule has 1 amide bonds. The van der Waals surface area contributed by atoms with E-state index in [-0.39, 0.29) is 23.5 Å². The molecule has 0 aromatic carbocycles. The maximum Gasteiger partial charge on any atom is 0.263 e. The van der Waals surface area contributed by atoms with Crippen molar-refractivity contribution in [2.45, 2.75) is 45.6 Å². The molecule has 4 nitrogen and oxygen atoms in total. The Balaban J connectivity index is 2.16. The van der Waals surface area contributed by atoms with E-state index in [4.69, 9.17) is 0 Å². The third-order valence-electron chi connectivity index (χ3n) is 4.04. The molecule has 0 N–H and O–H groups in total. The Morgan fingerprint density at radius 1 is 1.43 bits per heavy atom. The predicted octanol–water partition coefficient (Wildman–Crippen LogP) is 2.52. The summed E-state index contributed by atoms with van der Waals surface area (Å²) >= 11 is 1.56. The Morgan fingerprint density at radius 3 is 2.67 bits per heavy atom. The standard InChI is InChI=1S/C15H23NO3S2/c1-4-6-13-11(5-2)9-14(20-13)15(17)16(3)12-7-8-21(18,19)10-12/h9,12H,4-8,10H2,1-3H3. The number of carbonyl (C=O) groups excluding carboxylic acids is 1. The fraction of sp³-hybridized carbons (Fsp3) is 0.667. The summed E-state index contributed by atoms with van der Waals surface area (Å²) in [6.45, 7) is 4.24. The lowest BCUT2D eigenvalue weighted by molar-refractivity contribution is 0.0752. The van der Waals surface area contributed by atoms with Crippen LogP contribution in [0.15, 0.2) is 6.07 Å². The first-order valence-electron chi connectivity index (χ1n) is 7.47. The molecule has 1 aliphatic rings. The van der Waals surface area contributed by atoms with Gasteiger partial charge in [0.1, 0.15) is 0 Å². The summed E-state index contributed by atoms with van der Waals surface area (Å²) in [6, 6.07) is 1.81. The smallest absolute Gasteiger partial charge is 0.263 e. The van der Waals surface area contributed by atoms with Crippen molar-refractivity contribution in [2.75, 3.05) is 18.6 Å². The van der Waals surface area contributed by atoms with Crippen molar-refractivity contribution in [1.29, 1.82) is 0 Å². The van der Waals surface area contributed by atoms with E-state index >= 15 is 0 Å². The van der Waals surface area contributed by atoms with E-state index in [2.05, 4.69) is 13.8 Å². The van der Waals surface area contributed by atoms with Gasteiger partial charge in [0.15, 0.2) is 9.84 Å². The average Bonchev–Trinajstić information content (AvgIpc) is 3.01. The zero-order chi connectivity index (χ0) is 15.6. The molecule has 118 valence electrons. The molecule has 0 spiro atoms. The molecule has 0 radical (unpaired) electrons. The first-order chi connectivity index (χ1) is 9.88. The molecular weight excluding hydrogens is 306 g/mol. The highest BCUT2D eigenvalue weighted by atomic mass is 32.2. The van der Waals surface area contributed by atoms with Crippen LogP contribution in [0.5, 0.6) is 0 Å². The highest BCUT2D eigenvalue weighted by Crippen LogP contribution is 2.27. The summed E-state index contributed by atoms with van der Waals surface area (Å²) in [5.41, 5.74) is 1.25. The van der Waals surface area contributed by atoms with Gasteiger partial charge in [-0.25, -0.2) is 8.42 Å². The van der Waals surface area contributed by atoms with Crippen LogP contribution >= 0.6 is 11.3 Å². The molecular formula is C15H23NO3S2. The Hall–Kier alpha value is -0.880. The van der Waals surface area contributed by atoms with E-state index in [0.29, 0.717) is 6.42 Å². The molecule has 1 saturated heterocycles. The van der Waals surface area contributed by atoms with Gasteiger partial charge in [-0.2, -0.15) is 0 Å². The summed E-state index contributed by atoms with van der Waals surface area (Å²) < 4.78 is 23.1. The summed E-state index contributed by atoms with van der Waals surface area (Å²) in [6.07, 6.45) is 3.56. The van der Waals surface area contributed by atoms with Crippen LogP contribution in [0.25, 0.3) is 0 Å². The van der Waals surface area contributed by atoms with Crippen LogP contribution in [-0.2, 0) is 22.7 Å². The second kappa shape index (κ2) is 6.48. The van der Waals surface area contributed by atoms with Crippen molar-refractivity contribution < 1.29 is 13.2 Å². The summed E-state index contributed by atoms with van der Waals surface area (Å²) in [4.78, 5) is 16.2. The number of aryl methyl sites for hydroxylation is 2. The highest BCUT2D eigenvalue weighted by molar-refractivity contribution is 7.91. The lowest BCUT2D eigenvalue weighted by Crippen LogP contribution is -2.37. The van der Waals surface area contributed by atoms with E-state index in [0.717, 1.165) is 24.1 Å². The van der Waals surface area contributed by atoms with Crippen LogP contribution in [0.1, 0.15) is 46.8 Å². The number of rotatable bonds is 5. The Labute approximate surface area is 131 Å². The van der Waals surface area contributed by atoms with Gasteiger partial charge in [-0.05, 0) is 30.9 Å². The fourth-order valence-electron chi connectivity index (χ4n) is 2.73. The van der Waals surface area contributed by atoms with E-state index in [1.807, 2.05) is 6.07 Å². The lowest BCUT2D eigenvalue weighted by atomic mass is 10.1. The molecule has 1 atom stereocenters. The maximum atomic E-state index is 12.6. The lowest BCUT2D eigenvalue weighted by Gasteiger charge is -2.22. The van der Waals surface area contributed by atoms with E-state index in [1.54, 1.807) is 23.3 Å². The second-order valence-corrected chi connectivity index (χ2v) is 9.00. The average molecular weight is 329 g/mol. The number of thiophene rings is 1. The Kier molecular flexibility index (Phi) is 5.09. The summed E-state index contributed by atoms with van der Waals surface area (Å²) in [7, 11) is -1.24. The molecule has 1 aromatic heterocycles. The van der Waals surface area contributed by atoms with Gasteiger partial charge in [0.2, 0.25) is 0 Å². The minimum atomic E-state index is -2.96. The molecule has 0 saturated carbocycles. The molecule has 2 rings (SSSR count). The van der Waals surface area contributed by atoms with Gasteiger partial charge >= 0.3 is 0 Å². The van der Waals surface area contributed by atoms with Crippen LogP contribution < -0.4 is 0 Å². The maximum absolute atomic E-state index is 12.6. The molecule has 21 heavy (non-hydrogen) atoms. The quantitative estimate of drug-likeness (QED) is 0.834. The number of sulfone groups is 1. The van der Waals surface area contributed by atoms with Crippen molar-refractivity contribution in [3.8, 4) is 0 Å². The summed E-state index contributed by atoms with van der Waals surface area (Å²) in [5.74, 6) is 0.253. The zero-order valence-corrected chi connectivity index (χ0v) is 14.5. The van der Waals surface area contributed by atoms with Crippen molar-refractivity contribution in [1.82, 2.24) is 4.90 Å². The third-order valence-corrected chi connectivity index (χ3v) is 7.02. The zero-order valence-electron chi connectivity index (χ0n) is 12.9. The SMILES string of the molecule is CCCc1sc(C(=O)N(C)C2CCS(=O)(=O)C2)cc1CC. The first-order valence-corrected chi connectivity index (χ1v) is 10.1. The molecule has 1 unspecified atom stereocenters. The fourth-order valence-corrected chi connectivity index (χ4v) is 5.84. The van der Waals surface area contributed by atoms with Crippen molar-refractivity contribution in [2.24, 2.45) is 0 Å². The van der Waals surface area contributed by atoms with Gasteiger partial charge < -0.3 is 4.90 Å². The Bertz CT molecular complexity index is 619. The number of carbonyl (C=O) groups is 1. The Morgan fingerprint density at radius 2 is 2.14 bits per heavy atom. The number of hydrogen-bond donors (Lipinski definition) is 0. The van der Waals surface area contributed by atoms with E-state index in [1.165, 1.54) is 10.4 Å². The number of nitrogens with zero attached hydrogens (tertiary/aromatic N) is 1. The third kappa shape index (κ3) is 3.66. The van der Waals surface area contributed by atoms with Crippen LogP contribution in [-0.4, -0.2) is 43.8 Å². The molecule has 1 aromatic rings. The molecule has 0 aliphatic carbocycles. The number of amides is 1. The van der Waals surface area contributed by atoms with E-state index < -0.39 is 9.84 Å². The van der Waals surface area contributed by atoms with Gasteiger partial charge in [0, 0.05) is 18.0 Å². The topological polar surface area (TPSA) is 54.5 Å². The largest absolute Gasteiger partial charge is 0.337 e. The van der Waals surface area contributed by atoms with E-state index in [9.17, 15) is 13.2 Å². The van der Waals surface area contributed by atoms with Crippen LogP contribution in [0.3, 0.4) is 0 Å². The summed E-state index contributed by atoms with van der Waals surface area (Å²) in [5, 5.41) is 0. The van der Waals surface area contributed by atoms with Crippen LogP contribution in [0.2, 0.25) is 0 Å². The van der Waals surface area contributed by atoms with Crippen molar-refractivity contribution >= 4 is 27.1 Å². The van der Waals surface area contributed by atoms with Crippen molar-refractivity contribution in [3.05, 3.63) is 21.4 Å². The number of hydrogen-bond acceptors (Lipinski definition) is 4. The minimum Gasteiger partial charge on any atom is -0.337 e. The minimum absolute atomic E-state index is 0.0425.